The van der Waals surface area contributed by atoms with Gasteiger partial charge >= 0.3 is 0 Å². The SMILES string of the molecule is CC(CO)C(C)NC(=O)/C=C/c1cccc(F)c1. The number of rotatable bonds is 5. The molecule has 0 aliphatic carbocycles. The Morgan fingerprint density at radius 3 is 2.83 bits per heavy atom. The fraction of sp³-hybridized carbons (Fsp3) is 0.357. The first-order chi connectivity index (χ1) is 8.52. The van der Waals surface area contributed by atoms with E-state index in [0.717, 1.165) is 0 Å². The summed E-state index contributed by atoms with van der Waals surface area (Å²) in [5, 5.41) is 11.7. The molecular weight excluding hydrogens is 233 g/mol. The number of nitrogens with one attached hydrogen (secondary N) is 1. The summed E-state index contributed by atoms with van der Waals surface area (Å²) in [6.45, 7) is 3.70. The molecule has 0 saturated heterocycles. The Labute approximate surface area is 106 Å². The van der Waals surface area contributed by atoms with Crippen molar-refractivity contribution in [3.05, 3.63) is 41.7 Å². The summed E-state index contributed by atoms with van der Waals surface area (Å²) in [5.41, 5.74) is 0.632. The van der Waals surface area contributed by atoms with E-state index in [1.54, 1.807) is 18.2 Å². The molecule has 0 aliphatic heterocycles. The molecule has 0 spiro atoms. The van der Waals surface area contributed by atoms with E-state index in [0.29, 0.717) is 5.56 Å². The molecule has 18 heavy (non-hydrogen) atoms. The van der Waals surface area contributed by atoms with Crippen molar-refractivity contribution in [3.63, 3.8) is 0 Å². The number of aliphatic hydroxyl groups is 1. The van der Waals surface area contributed by atoms with Gasteiger partial charge in [-0.15, -0.1) is 0 Å². The van der Waals surface area contributed by atoms with Crippen LogP contribution in [0.15, 0.2) is 30.3 Å². The standard InChI is InChI=1S/C14H18FNO2/c1-10(9-17)11(2)16-14(18)7-6-12-4-3-5-13(15)8-12/h3-8,10-11,17H,9H2,1-2H3,(H,16,18)/b7-6+. The van der Waals surface area contributed by atoms with E-state index in [1.165, 1.54) is 18.2 Å². The lowest BCUT2D eigenvalue weighted by atomic mass is 10.1. The van der Waals surface area contributed by atoms with E-state index in [4.69, 9.17) is 5.11 Å². The Bertz CT molecular complexity index is 432. The van der Waals surface area contributed by atoms with Crippen LogP contribution in [0.1, 0.15) is 19.4 Å². The van der Waals surface area contributed by atoms with Gasteiger partial charge in [-0.05, 0) is 36.6 Å². The number of aliphatic hydroxyl groups excluding tert-OH is 1. The highest BCUT2D eigenvalue weighted by Gasteiger charge is 2.11. The van der Waals surface area contributed by atoms with Gasteiger partial charge in [0.1, 0.15) is 5.82 Å². The van der Waals surface area contributed by atoms with Crippen molar-refractivity contribution in [2.75, 3.05) is 6.61 Å². The van der Waals surface area contributed by atoms with Crippen LogP contribution in [0.2, 0.25) is 0 Å². The minimum absolute atomic E-state index is 0.00322. The summed E-state index contributed by atoms with van der Waals surface area (Å²) in [6.07, 6.45) is 2.91. The molecule has 2 atom stereocenters. The molecule has 98 valence electrons. The highest BCUT2D eigenvalue weighted by atomic mass is 19.1. The number of amides is 1. The van der Waals surface area contributed by atoms with E-state index >= 15 is 0 Å². The topological polar surface area (TPSA) is 49.3 Å². The summed E-state index contributed by atoms with van der Waals surface area (Å²) < 4.78 is 12.9. The van der Waals surface area contributed by atoms with Gasteiger partial charge in [-0.25, -0.2) is 4.39 Å². The van der Waals surface area contributed by atoms with E-state index < -0.39 is 0 Å². The van der Waals surface area contributed by atoms with E-state index in [9.17, 15) is 9.18 Å². The van der Waals surface area contributed by atoms with Gasteiger partial charge in [0.15, 0.2) is 0 Å². The minimum Gasteiger partial charge on any atom is -0.396 e. The zero-order valence-electron chi connectivity index (χ0n) is 10.6. The summed E-state index contributed by atoms with van der Waals surface area (Å²) >= 11 is 0. The quantitative estimate of drug-likeness (QED) is 0.786. The van der Waals surface area contributed by atoms with Crippen LogP contribution >= 0.6 is 0 Å². The zero-order valence-corrected chi connectivity index (χ0v) is 10.6. The van der Waals surface area contributed by atoms with Crippen molar-refractivity contribution in [1.29, 1.82) is 0 Å². The van der Waals surface area contributed by atoms with Crippen LogP contribution in [-0.4, -0.2) is 23.7 Å². The fourth-order valence-electron chi connectivity index (χ4n) is 1.36. The normalized spacial score (nSPS) is 14.4. The van der Waals surface area contributed by atoms with Crippen LogP contribution in [0.4, 0.5) is 4.39 Å². The molecule has 0 heterocycles. The molecular formula is C14H18FNO2. The van der Waals surface area contributed by atoms with Crippen molar-refractivity contribution < 1.29 is 14.3 Å². The monoisotopic (exact) mass is 251 g/mol. The molecule has 3 nitrogen and oxygen atoms in total. The van der Waals surface area contributed by atoms with Gasteiger partial charge in [0.2, 0.25) is 5.91 Å². The van der Waals surface area contributed by atoms with E-state index in [-0.39, 0.29) is 30.3 Å². The second-order valence-corrected chi connectivity index (χ2v) is 4.35. The van der Waals surface area contributed by atoms with Crippen LogP contribution in [0, 0.1) is 11.7 Å². The summed E-state index contributed by atoms with van der Waals surface area (Å²) in [6, 6.07) is 5.89. The van der Waals surface area contributed by atoms with Crippen LogP contribution in [-0.2, 0) is 4.79 Å². The van der Waals surface area contributed by atoms with Crippen molar-refractivity contribution in [2.24, 2.45) is 5.92 Å². The van der Waals surface area contributed by atoms with Crippen molar-refractivity contribution in [2.45, 2.75) is 19.9 Å². The van der Waals surface area contributed by atoms with Gasteiger partial charge in [0.25, 0.3) is 0 Å². The number of carbonyl (C=O) groups excluding carboxylic acids is 1. The molecule has 2 N–H and O–H groups in total. The molecule has 1 aromatic carbocycles. The number of benzene rings is 1. The van der Waals surface area contributed by atoms with Gasteiger partial charge in [-0.1, -0.05) is 19.1 Å². The van der Waals surface area contributed by atoms with E-state index in [1.807, 2.05) is 13.8 Å². The third kappa shape index (κ3) is 4.67. The molecule has 0 bridgehead atoms. The highest BCUT2D eigenvalue weighted by Crippen LogP contribution is 2.05. The van der Waals surface area contributed by atoms with Crippen LogP contribution in [0.25, 0.3) is 6.08 Å². The second kappa shape index (κ2) is 6.91. The third-order valence-electron chi connectivity index (χ3n) is 2.79. The smallest absolute Gasteiger partial charge is 0.244 e. The van der Waals surface area contributed by atoms with Crippen molar-refractivity contribution in [3.8, 4) is 0 Å². The van der Waals surface area contributed by atoms with Gasteiger partial charge in [0.05, 0.1) is 0 Å². The molecule has 1 amide bonds. The van der Waals surface area contributed by atoms with Crippen LogP contribution < -0.4 is 5.32 Å². The lowest BCUT2D eigenvalue weighted by Crippen LogP contribution is -2.37. The predicted molar refractivity (Wildman–Crippen MR) is 69.3 cm³/mol. The highest BCUT2D eigenvalue weighted by molar-refractivity contribution is 5.91. The summed E-state index contributed by atoms with van der Waals surface area (Å²) in [5.74, 6) is -0.594. The Kier molecular flexibility index (Phi) is 5.52. The van der Waals surface area contributed by atoms with E-state index in [2.05, 4.69) is 5.32 Å². The lowest BCUT2D eigenvalue weighted by Gasteiger charge is -2.18. The largest absolute Gasteiger partial charge is 0.396 e. The fourth-order valence-corrected chi connectivity index (χ4v) is 1.36. The Morgan fingerprint density at radius 2 is 2.22 bits per heavy atom. The number of halogens is 1. The molecule has 2 unspecified atom stereocenters. The van der Waals surface area contributed by atoms with Gasteiger partial charge in [0, 0.05) is 18.7 Å². The third-order valence-corrected chi connectivity index (χ3v) is 2.79. The minimum atomic E-state index is -0.333. The molecule has 4 heteroatoms. The van der Waals surface area contributed by atoms with Crippen molar-refractivity contribution >= 4 is 12.0 Å². The maximum Gasteiger partial charge on any atom is 0.244 e. The summed E-state index contributed by atoms with van der Waals surface area (Å²) in [7, 11) is 0. The van der Waals surface area contributed by atoms with Crippen LogP contribution in [0.5, 0.6) is 0 Å². The van der Waals surface area contributed by atoms with Crippen LogP contribution in [0.3, 0.4) is 0 Å². The molecule has 0 fully saturated rings. The molecule has 0 aliphatic rings. The molecule has 1 rings (SSSR count). The molecule has 0 saturated carbocycles. The second-order valence-electron chi connectivity index (χ2n) is 4.35. The maximum atomic E-state index is 12.9. The molecule has 0 radical (unpaired) electrons. The van der Waals surface area contributed by atoms with Gasteiger partial charge < -0.3 is 10.4 Å². The Balaban J connectivity index is 2.54. The molecule has 1 aromatic rings. The maximum absolute atomic E-state index is 12.9. The first kappa shape index (κ1) is 14.4. The lowest BCUT2D eigenvalue weighted by molar-refractivity contribution is -0.117. The first-order valence-electron chi connectivity index (χ1n) is 5.88. The number of hydrogen-bond acceptors (Lipinski definition) is 2. The Morgan fingerprint density at radius 1 is 1.50 bits per heavy atom. The predicted octanol–water partition coefficient (Wildman–Crippen LogP) is 1.97. The zero-order chi connectivity index (χ0) is 13.5. The average molecular weight is 251 g/mol. The first-order valence-corrected chi connectivity index (χ1v) is 5.88. The van der Waals surface area contributed by atoms with Gasteiger partial charge in [-0.3, -0.25) is 4.79 Å². The summed E-state index contributed by atoms with van der Waals surface area (Å²) in [4.78, 5) is 11.6. The average Bonchev–Trinajstić information content (AvgIpc) is 2.35. The van der Waals surface area contributed by atoms with Gasteiger partial charge in [-0.2, -0.15) is 0 Å². The van der Waals surface area contributed by atoms with Crippen molar-refractivity contribution in [1.82, 2.24) is 5.32 Å². The Hall–Kier alpha value is -1.68. The number of hydrogen-bond donors (Lipinski definition) is 2. The molecule has 0 aromatic heterocycles. The number of carbonyl (C=O) groups is 1.